The molecule has 0 amide bonds. The van der Waals surface area contributed by atoms with Crippen LogP contribution < -0.4 is 5.73 Å². The van der Waals surface area contributed by atoms with Crippen LogP contribution in [0.5, 0.6) is 0 Å². The van der Waals surface area contributed by atoms with Gasteiger partial charge in [-0.1, -0.05) is 13.8 Å². The van der Waals surface area contributed by atoms with Crippen molar-refractivity contribution in [2.45, 2.75) is 32.7 Å². The van der Waals surface area contributed by atoms with Crippen molar-refractivity contribution in [3.63, 3.8) is 0 Å². The van der Waals surface area contributed by atoms with Crippen LogP contribution in [-0.2, 0) is 11.2 Å². The van der Waals surface area contributed by atoms with Crippen LogP contribution in [0.3, 0.4) is 0 Å². The molecule has 4 heteroatoms. The van der Waals surface area contributed by atoms with Crippen molar-refractivity contribution in [2.75, 3.05) is 0 Å². The maximum absolute atomic E-state index is 11.6. The van der Waals surface area contributed by atoms with Gasteiger partial charge in [-0.2, -0.15) is 0 Å². The molecule has 3 N–H and O–H groups in total. The van der Waals surface area contributed by atoms with Crippen molar-refractivity contribution in [1.82, 2.24) is 9.97 Å². The maximum Gasteiger partial charge on any atom is 0.152 e. The molecule has 0 radical (unpaired) electrons. The number of imidazole rings is 1. The van der Waals surface area contributed by atoms with Gasteiger partial charge in [-0.15, -0.1) is 0 Å². The highest BCUT2D eigenvalue weighted by molar-refractivity contribution is 5.85. The van der Waals surface area contributed by atoms with Crippen LogP contribution in [0.25, 0.3) is 0 Å². The summed E-state index contributed by atoms with van der Waals surface area (Å²) >= 11 is 0. The van der Waals surface area contributed by atoms with Gasteiger partial charge >= 0.3 is 0 Å². The Morgan fingerprint density at radius 1 is 1.71 bits per heavy atom. The number of carbonyl (C=O) groups is 1. The van der Waals surface area contributed by atoms with Crippen LogP contribution in [-0.4, -0.2) is 21.8 Å². The quantitative estimate of drug-likeness (QED) is 0.733. The minimum absolute atomic E-state index is 0.0490. The molecule has 2 atom stereocenters. The van der Waals surface area contributed by atoms with Gasteiger partial charge in [0.15, 0.2) is 5.78 Å². The zero-order valence-corrected chi connectivity index (χ0v) is 8.66. The number of ketones is 1. The van der Waals surface area contributed by atoms with E-state index in [1.165, 1.54) is 0 Å². The Hall–Kier alpha value is -1.16. The Labute approximate surface area is 83.9 Å². The first-order chi connectivity index (χ1) is 6.65. The largest absolute Gasteiger partial charge is 0.348 e. The molecule has 1 rings (SSSR count). The first kappa shape index (κ1) is 10.9. The zero-order chi connectivity index (χ0) is 10.6. The van der Waals surface area contributed by atoms with E-state index in [4.69, 9.17) is 5.73 Å². The van der Waals surface area contributed by atoms with Crippen molar-refractivity contribution in [3.8, 4) is 0 Å². The molecule has 0 saturated heterocycles. The highest BCUT2D eigenvalue weighted by atomic mass is 16.1. The predicted molar refractivity (Wildman–Crippen MR) is 54.7 cm³/mol. The van der Waals surface area contributed by atoms with E-state index < -0.39 is 6.04 Å². The Bertz CT molecular complexity index is 282. The van der Waals surface area contributed by atoms with Gasteiger partial charge in [0.25, 0.3) is 0 Å². The first-order valence-corrected chi connectivity index (χ1v) is 4.91. The lowest BCUT2D eigenvalue weighted by Gasteiger charge is -2.13. The van der Waals surface area contributed by atoms with Crippen molar-refractivity contribution >= 4 is 5.78 Å². The van der Waals surface area contributed by atoms with E-state index in [1.807, 2.05) is 13.8 Å². The number of hydrogen-bond donors (Lipinski definition) is 2. The van der Waals surface area contributed by atoms with E-state index in [0.717, 1.165) is 12.1 Å². The summed E-state index contributed by atoms with van der Waals surface area (Å²) in [6.07, 6.45) is 4.68. The second-order valence-corrected chi connectivity index (χ2v) is 3.60. The fourth-order valence-corrected chi connectivity index (χ4v) is 1.30. The molecular weight excluding hydrogens is 178 g/mol. The summed E-state index contributed by atoms with van der Waals surface area (Å²) in [7, 11) is 0. The summed E-state index contributed by atoms with van der Waals surface area (Å²) in [4.78, 5) is 18.5. The molecule has 0 bridgehead atoms. The fraction of sp³-hybridized carbons (Fsp3) is 0.600. The molecule has 1 unspecified atom stereocenters. The third-order valence-corrected chi connectivity index (χ3v) is 2.46. The molecule has 0 aliphatic rings. The molecule has 1 aromatic rings. The van der Waals surface area contributed by atoms with E-state index >= 15 is 0 Å². The highest BCUT2D eigenvalue weighted by Gasteiger charge is 2.19. The molecule has 14 heavy (non-hydrogen) atoms. The summed E-state index contributed by atoms with van der Waals surface area (Å²) in [6, 6.07) is -0.412. The number of aromatic amines is 1. The van der Waals surface area contributed by atoms with Crippen LogP contribution in [0.15, 0.2) is 12.5 Å². The number of nitrogens with zero attached hydrogens (tertiary/aromatic N) is 1. The van der Waals surface area contributed by atoms with Gasteiger partial charge < -0.3 is 10.7 Å². The van der Waals surface area contributed by atoms with Gasteiger partial charge in [-0.3, -0.25) is 4.79 Å². The van der Waals surface area contributed by atoms with Gasteiger partial charge in [0.2, 0.25) is 0 Å². The lowest BCUT2D eigenvalue weighted by molar-refractivity contribution is -0.123. The third-order valence-electron chi connectivity index (χ3n) is 2.46. The average Bonchev–Trinajstić information content (AvgIpc) is 2.68. The van der Waals surface area contributed by atoms with E-state index in [-0.39, 0.29) is 11.7 Å². The van der Waals surface area contributed by atoms with E-state index in [1.54, 1.807) is 12.5 Å². The van der Waals surface area contributed by atoms with Gasteiger partial charge in [0.1, 0.15) is 0 Å². The Morgan fingerprint density at radius 3 is 2.93 bits per heavy atom. The van der Waals surface area contributed by atoms with Crippen LogP contribution in [0.1, 0.15) is 26.0 Å². The highest BCUT2D eigenvalue weighted by Crippen LogP contribution is 2.07. The molecule has 1 aromatic heterocycles. The van der Waals surface area contributed by atoms with Crippen molar-refractivity contribution < 1.29 is 4.79 Å². The van der Waals surface area contributed by atoms with E-state index in [2.05, 4.69) is 9.97 Å². The number of nitrogens with two attached hydrogens (primary N) is 1. The molecule has 0 aromatic carbocycles. The number of carbonyl (C=O) groups excluding carboxylic acids is 1. The molecule has 1 heterocycles. The summed E-state index contributed by atoms with van der Waals surface area (Å²) in [5.74, 6) is 0.176. The molecule has 0 aliphatic carbocycles. The smallest absolute Gasteiger partial charge is 0.152 e. The van der Waals surface area contributed by atoms with Crippen molar-refractivity contribution in [2.24, 2.45) is 11.7 Å². The standard InChI is InChI=1S/C10H17N3O/c1-3-7(2)10(14)9(11)4-8-5-12-6-13-8/h5-7,9H,3-4,11H2,1-2H3,(H,12,13)/t7?,9-/m1/s1. The van der Waals surface area contributed by atoms with Crippen LogP contribution in [0.4, 0.5) is 0 Å². The first-order valence-electron chi connectivity index (χ1n) is 4.91. The van der Waals surface area contributed by atoms with E-state index in [9.17, 15) is 4.79 Å². The molecule has 0 spiro atoms. The Balaban J connectivity index is 2.50. The van der Waals surface area contributed by atoms with E-state index in [0.29, 0.717) is 6.42 Å². The minimum Gasteiger partial charge on any atom is -0.348 e. The number of nitrogens with one attached hydrogen (secondary N) is 1. The molecule has 78 valence electrons. The molecule has 0 aliphatic heterocycles. The van der Waals surface area contributed by atoms with Gasteiger partial charge in [-0.25, -0.2) is 4.98 Å². The number of rotatable bonds is 5. The summed E-state index contributed by atoms with van der Waals surface area (Å²) < 4.78 is 0. The zero-order valence-electron chi connectivity index (χ0n) is 8.66. The Kier molecular flexibility index (Phi) is 3.83. The van der Waals surface area contributed by atoms with Gasteiger partial charge in [0.05, 0.1) is 12.4 Å². The maximum atomic E-state index is 11.6. The normalized spacial score (nSPS) is 15.1. The minimum atomic E-state index is -0.412. The van der Waals surface area contributed by atoms with Gasteiger partial charge in [0, 0.05) is 24.2 Å². The van der Waals surface area contributed by atoms with Crippen LogP contribution in [0, 0.1) is 5.92 Å². The van der Waals surface area contributed by atoms with Crippen molar-refractivity contribution in [1.29, 1.82) is 0 Å². The summed E-state index contributed by atoms with van der Waals surface area (Å²) in [5, 5.41) is 0. The topological polar surface area (TPSA) is 71.8 Å². The third kappa shape index (κ3) is 2.67. The number of aromatic nitrogens is 2. The summed E-state index contributed by atoms with van der Waals surface area (Å²) in [6.45, 7) is 3.90. The summed E-state index contributed by atoms with van der Waals surface area (Å²) in [5.41, 5.74) is 6.70. The molecule has 0 saturated carbocycles. The monoisotopic (exact) mass is 195 g/mol. The average molecular weight is 195 g/mol. The second kappa shape index (κ2) is 4.91. The number of Topliss-reactive ketones (excluding diaryl/α,β-unsaturated/α-hetero) is 1. The lowest BCUT2D eigenvalue weighted by atomic mass is 9.95. The fourth-order valence-electron chi connectivity index (χ4n) is 1.30. The molecule has 0 fully saturated rings. The SMILES string of the molecule is CCC(C)C(=O)[C@H](N)Cc1cnc[nH]1. The molecule has 4 nitrogen and oxygen atoms in total. The van der Waals surface area contributed by atoms with Crippen LogP contribution >= 0.6 is 0 Å². The van der Waals surface area contributed by atoms with Crippen molar-refractivity contribution in [3.05, 3.63) is 18.2 Å². The number of H-pyrrole nitrogens is 1. The number of hydrogen-bond acceptors (Lipinski definition) is 3. The lowest BCUT2D eigenvalue weighted by Crippen LogP contribution is -2.36. The molecular formula is C10H17N3O. The predicted octanol–water partition coefficient (Wildman–Crippen LogP) is 0.895. The Morgan fingerprint density at radius 2 is 2.43 bits per heavy atom. The second-order valence-electron chi connectivity index (χ2n) is 3.60. The van der Waals surface area contributed by atoms with Crippen LogP contribution in [0.2, 0.25) is 0 Å². The van der Waals surface area contributed by atoms with Gasteiger partial charge in [-0.05, 0) is 6.42 Å².